The molecule has 25 heavy (non-hydrogen) atoms. The highest BCUT2D eigenvalue weighted by Gasteiger charge is 2.31. The molecular weight excluding hydrogens is 357 g/mol. The third-order valence-corrected chi connectivity index (χ3v) is 4.70. The van der Waals surface area contributed by atoms with Crippen LogP contribution in [0.2, 0.25) is 0 Å². The number of carbonyl (C=O) groups excluding carboxylic acids is 1. The summed E-state index contributed by atoms with van der Waals surface area (Å²) in [6.07, 6.45) is -4.50. The molecule has 0 saturated carbocycles. The number of hydrogen-bond acceptors (Lipinski definition) is 3. The number of carbonyl (C=O) groups is 1. The summed E-state index contributed by atoms with van der Waals surface area (Å²) in [7, 11) is -2.67. The van der Waals surface area contributed by atoms with Gasteiger partial charge in [0.25, 0.3) is 10.0 Å². The minimum Gasteiger partial charge on any atom is -0.359 e. The highest BCUT2D eigenvalue weighted by Crippen LogP contribution is 2.30. The van der Waals surface area contributed by atoms with E-state index in [-0.39, 0.29) is 18.0 Å². The van der Waals surface area contributed by atoms with E-state index in [4.69, 9.17) is 0 Å². The van der Waals surface area contributed by atoms with Crippen molar-refractivity contribution >= 4 is 21.6 Å². The maximum absolute atomic E-state index is 12.7. The Hall–Kier alpha value is -2.55. The molecule has 5 nitrogen and oxygen atoms in total. The van der Waals surface area contributed by atoms with Gasteiger partial charge in [-0.1, -0.05) is 18.2 Å². The van der Waals surface area contributed by atoms with Crippen LogP contribution >= 0.6 is 0 Å². The Balaban J connectivity index is 2.20. The summed E-state index contributed by atoms with van der Waals surface area (Å²) >= 11 is 0. The largest absolute Gasteiger partial charge is 0.416 e. The average molecular weight is 372 g/mol. The fourth-order valence-corrected chi connectivity index (χ4v) is 3.12. The molecule has 0 bridgehead atoms. The van der Waals surface area contributed by atoms with Gasteiger partial charge in [-0.3, -0.25) is 9.52 Å². The van der Waals surface area contributed by atoms with Crippen LogP contribution in [0.3, 0.4) is 0 Å². The fraction of sp³-hybridized carbons (Fsp3) is 0.188. The molecule has 1 amide bonds. The summed E-state index contributed by atoms with van der Waals surface area (Å²) in [5.41, 5.74) is -0.198. The van der Waals surface area contributed by atoms with E-state index in [0.717, 1.165) is 18.2 Å². The molecule has 0 unspecified atom stereocenters. The maximum Gasteiger partial charge on any atom is 0.416 e. The zero-order valence-corrected chi connectivity index (χ0v) is 13.9. The van der Waals surface area contributed by atoms with Gasteiger partial charge in [0.1, 0.15) is 0 Å². The molecule has 2 aromatic rings. The average Bonchev–Trinajstić information content (AvgIpc) is 2.55. The van der Waals surface area contributed by atoms with Crippen LogP contribution < -0.4 is 10.0 Å². The second-order valence-electron chi connectivity index (χ2n) is 5.18. The molecular formula is C16H15F3N2O3S. The molecule has 134 valence electrons. The molecule has 2 rings (SSSR count). The van der Waals surface area contributed by atoms with E-state index in [1.54, 1.807) is 12.1 Å². The van der Waals surface area contributed by atoms with E-state index in [0.29, 0.717) is 11.6 Å². The molecule has 0 atom stereocenters. The SMILES string of the molecule is CNC(=O)Cc1ccc(NS(=O)(=O)c2cccc(C(F)(F)F)c2)cc1. The second-order valence-corrected chi connectivity index (χ2v) is 6.86. The molecule has 0 heterocycles. The van der Waals surface area contributed by atoms with Gasteiger partial charge in [-0.05, 0) is 35.9 Å². The van der Waals surface area contributed by atoms with Gasteiger partial charge in [-0.15, -0.1) is 0 Å². The zero-order chi connectivity index (χ0) is 18.7. The first-order valence-corrected chi connectivity index (χ1v) is 8.60. The van der Waals surface area contributed by atoms with Gasteiger partial charge in [0, 0.05) is 12.7 Å². The summed E-state index contributed by atoms with van der Waals surface area (Å²) in [6.45, 7) is 0. The predicted molar refractivity (Wildman–Crippen MR) is 86.5 cm³/mol. The van der Waals surface area contributed by atoms with Crippen molar-refractivity contribution in [3.63, 3.8) is 0 Å². The lowest BCUT2D eigenvalue weighted by Gasteiger charge is -2.11. The monoisotopic (exact) mass is 372 g/mol. The van der Waals surface area contributed by atoms with Gasteiger partial charge in [0.15, 0.2) is 0 Å². The molecule has 0 fully saturated rings. The van der Waals surface area contributed by atoms with E-state index in [9.17, 15) is 26.4 Å². The van der Waals surface area contributed by atoms with Crippen molar-refractivity contribution < 1.29 is 26.4 Å². The van der Waals surface area contributed by atoms with E-state index < -0.39 is 26.7 Å². The van der Waals surface area contributed by atoms with Crippen LogP contribution in [0, 0.1) is 0 Å². The molecule has 0 aliphatic rings. The Morgan fingerprint density at radius 1 is 1.08 bits per heavy atom. The molecule has 0 aliphatic carbocycles. The first-order valence-electron chi connectivity index (χ1n) is 7.11. The Labute approximate surface area is 142 Å². The molecule has 0 aliphatic heterocycles. The number of hydrogen-bond donors (Lipinski definition) is 2. The van der Waals surface area contributed by atoms with Crippen molar-refractivity contribution in [2.75, 3.05) is 11.8 Å². The number of benzene rings is 2. The van der Waals surface area contributed by atoms with Gasteiger partial charge >= 0.3 is 6.18 Å². The van der Waals surface area contributed by atoms with Gasteiger partial charge in [0.05, 0.1) is 16.9 Å². The molecule has 0 aromatic heterocycles. The third-order valence-electron chi connectivity index (χ3n) is 3.32. The highest BCUT2D eigenvalue weighted by molar-refractivity contribution is 7.92. The lowest BCUT2D eigenvalue weighted by Crippen LogP contribution is -2.19. The van der Waals surface area contributed by atoms with Crippen molar-refractivity contribution in [1.29, 1.82) is 0 Å². The maximum atomic E-state index is 12.7. The second kappa shape index (κ2) is 7.14. The third kappa shape index (κ3) is 4.96. The predicted octanol–water partition coefficient (Wildman–Crippen LogP) is 2.79. The number of alkyl halides is 3. The first kappa shape index (κ1) is 18.8. The molecule has 0 radical (unpaired) electrons. The Kier molecular flexibility index (Phi) is 5.36. The summed E-state index contributed by atoms with van der Waals surface area (Å²) < 4.78 is 64.8. The van der Waals surface area contributed by atoms with Gasteiger partial charge in [0.2, 0.25) is 5.91 Å². The summed E-state index contributed by atoms with van der Waals surface area (Å²) in [6, 6.07) is 9.46. The number of sulfonamides is 1. The Morgan fingerprint density at radius 3 is 2.28 bits per heavy atom. The highest BCUT2D eigenvalue weighted by atomic mass is 32.2. The number of anilines is 1. The van der Waals surface area contributed by atoms with Crippen molar-refractivity contribution in [1.82, 2.24) is 5.32 Å². The van der Waals surface area contributed by atoms with Gasteiger partial charge < -0.3 is 5.32 Å². The molecule has 2 N–H and O–H groups in total. The lowest BCUT2D eigenvalue weighted by atomic mass is 10.1. The van der Waals surface area contributed by atoms with Crippen LogP contribution in [0.5, 0.6) is 0 Å². The fourth-order valence-electron chi connectivity index (χ4n) is 2.02. The number of halogens is 3. The van der Waals surface area contributed by atoms with E-state index in [2.05, 4.69) is 10.0 Å². The Bertz CT molecular complexity index is 863. The smallest absolute Gasteiger partial charge is 0.359 e. The Morgan fingerprint density at radius 2 is 1.72 bits per heavy atom. The molecule has 0 spiro atoms. The van der Waals surface area contributed by atoms with Crippen LogP contribution in [0.1, 0.15) is 11.1 Å². The molecule has 0 saturated heterocycles. The van der Waals surface area contributed by atoms with Gasteiger partial charge in [-0.2, -0.15) is 13.2 Å². The van der Waals surface area contributed by atoms with Crippen LogP contribution in [-0.4, -0.2) is 21.4 Å². The minimum absolute atomic E-state index is 0.136. The number of nitrogens with one attached hydrogen (secondary N) is 2. The van der Waals surface area contributed by atoms with Crippen molar-refractivity contribution in [3.8, 4) is 0 Å². The van der Waals surface area contributed by atoms with Crippen LogP contribution in [0.25, 0.3) is 0 Å². The van der Waals surface area contributed by atoms with Crippen LogP contribution in [0.4, 0.5) is 18.9 Å². The number of likely N-dealkylation sites (N-methyl/N-ethyl adjacent to an activating group) is 1. The molecule has 2 aromatic carbocycles. The van der Waals surface area contributed by atoms with Crippen molar-refractivity contribution in [2.24, 2.45) is 0 Å². The van der Waals surface area contributed by atoms with E-state index in [1.165, 1.54) is 19.2 Å². The van der Waals surface area contributed by atoms with E-state index in [1.807, 2.05) is 0 Å². The number of amides is 1. The van der Waals surface area contributed by atoms with E-state index >= 15 is 0 Å². The zero-order valence-electron chi connectivity index (χ0n) is 13.1. The quantitative estimate of drug-likeness (QED) is 0.848. The van der Waals surface area contributed by atoms with Gasteiger partial charge in [-0.25, -0.2) is 8.42 Å². The minimum atomic E-state index is -4.63. The first-order chi connectivity index (χ1) is 11.6. The summed E-state index contributed by atoms with van der Waals surface area (Å²) in [4.78, 5) is 10.8. The summed E-state index contributed by atoms with van der Waals surface area (Å²) in [5.74, 6) is -0.197. The van der Waals surface area contributed by atoms with Crippen LogP contribution in [-0.2, 0) is 27.4 Å². The molecule has 9 heteroatoms. The lowest BCUT2D eigenvalue weighted by molar-refractivity contribution is -0.137. The number of rotatable bonds is 5. The van der Waals surface area contributed by atoms with Crippen LogP contribution in [0.15, 0.2) is 53.4 Å². The normalized spacial score (nSPS) is 11.8. The summed E-state index contributed by atoms with van der Waals surface area (Å²) in [5, 5.41) is 2.46. The van der Waals surface area contributed by atoms with Crippen molar-refractivity contribution in [2.45, 2.75) is 17.5 Å². The topological polar surface area (TPSA) is 75.3 Å². The standard InChI is InChI=1S/C16H15F3N2O3S/c1-20-15(22)9-11-5-7-13(8-6-11)21-25(23,24)14-4-2-3-12(10-14)16(17,18)19/h2-8,10,21H,9H2,1H3,(H,20,22). The van der Waals surface area contributed by atoms with Crippen molar-refractivity contribution in [3.05, 3.63) is 59.7 Å².